The summed E-state index contributed by atoms with van der Waals surface area (Å²) in [5.41, 5.74) is 1.74. The lowest BCUT2D eigenvalue weighted by Crippen LogP contribution is -2.37. The second-order valence-electron chi connectivity index (χ2n) is 10.1. The summed E-state index contributed by atoms with van der Waals surface area (Å²) in [5, 5.41) is 9.53. The zero-order valence-electron chi connectivity index (χ0n) is 21.7. The number of aliphatic carboxylic acids is 1. The number of halogens is 1. The molecule has 200 valence electrons. The summed E-state index contributed by atoms with van der Waals surface area (Å²) < 4.78 is 41.7. The Balaban J connectivity index is 2.19. The molecule has 3 N–H and O–H groups in total. The lowest BCUT2D eigenvalue weighted by molar-refractivity contribution is -0.138. The monoisotopic (exact) mass is 539 g/mol. The number of fused-ring (bicyclic) bond motifs is 1. The van der Waals surface area contributed by atoms with E-state index in [-0.39, 0.29) is 17.0 Å². The quantitative estimate of drug-likeness (QED) is 0.284. The molecule has 1 heterocycles. The van der Waals surface area contributed by atoms with Crippen molar-refractivity contribution in [2.75, 3.05) is 24.3 Å². The van der Waals surface area contributed by atoms with Crippen molar-refractivity contribution in [1.29, 1.82) is 0 Å². The van der Waals surface area contributed by atoms with Gasteiger partial charge in [-0.15, -0.1) is 11.8 Å². The standard InChI is InChI=1S/C27H38FNO5S2/c1-6-8-13-27(7-2)17-29(21-11-9-20(28)10-12-21)22-15-23(34-5)19(14-24(22)36(32,33)18-27)16-35-26(3,4)25(30)31/h9-12,14-15,32-33H,6-8,13,16-18H2,1-5H3,(H,30,31). The number of anilines is 2. The molecular weight excluding hydrogens is 501 g/mol. The fourth-order valence-electron chi connectivity index (χ4n) is 4.60. The number of nitrogens with zero attached hydrogens (tertiary/aromatic N) is 1. The van der Waals surface area contributed by atoms with E-state index in [1.807, 2.05) is 6.07 Å². The van der Waals surface area contributed by atoms with Gasteiger partial charge in [-0.1, -0.05) is 26.7 Å². The molecule has 0 saturated heterocycles. The molecule has 36 heavy (non-hydrogen) atoms. The Bertz CT molecular complexity index is 1080. The van der Waals surface area contributed by atoms with Gasteiger partial charge in [-0.05, 0) is 57.0 Å². The first kappa shape index (κ1) is 28.6. The maximum absolute atomic E-state index is 13.8. The SMILES string of the molecule is CCCCC1(CC)CN(c2ccc(F)cc2)c2cc(OC)c(CSC(C)(C)C(=O)O)cc2S(O)(O)C1. The first-order valence-electron chi connectivity index (χ1n) is 12.3. The van der Waals surface area contributed by atoms with Gasteiger partial charge >= 0.3 is 5.97 Å². The first-order chi connectivity index (χ1) is 16.9. The van der Waals surface area contributed by atoms with Crippen molar-refractivity contribution in [3.8, 4) is 5.75 Å². The molecule has 1 unspecified atom stereocenters. The molecule has 0 fully saturated rings. The van der Waals surface area contributed by atoms with E-state index in [1.165, 1.54) is 23.9 Å². The van der Waals surface area contributed by atoms with Gasteiger partial charge in [-0.3, -0.25) is 13.9 Å². The summed E-state index contributed by atoms with van der Waals surface area (Å²) in [7, 11) is -1.64. The maximum atomic E-state index is 13.8. The van der Waals surface area contributed by atoms with Crippen LogP contribution in [0, 0.1) is 11.2 Å². The van der Waals surface area contributed by atoms with Crippen molar-refractivity contribution in [1.82, 2.24) is 0 Å². The smallest absolute Gasteiger partial charge is 0.319 e. The van der Waals surface area contributed by atoms with Crippen LogP contribution in [-0.2, 0) is 10.5 Å². The lowest BCUT2D eigenvalue weighted by atomic mass is 9.81. The van der Waals surface area contributed by atoms with Crippen LogP contribution in [0.3, 0.4) is 0 Å². The fourth-order valence-corrected chi connectivity index (χ4v) is 7.75. The van der Waals surface area contributed by atoms with Crippen molar-refractivity contribution in [3.05, 3.63) is 47.8 Å². The molecule has 0 spiro atoms. The molecule has 9 heteroatoms. The van der Waals surface area contributed by atoms with Crippen LogP contribution in [-0.4, -0.2) is 44.3 Å². The summed E-state index contributed by atoms with van der Waals surface area (Å²) in [4.78, 5) is 14.1. The van der Waals surface area contributed by atoms with Gasteiger partial charge in [0.15, 0.2) is 0 Å². The number of hydrogen-bond acceptors (Lipinski definition) is 6. The molecule has 0 amide bonds. The van der Waals surface area contributed by atoms with E-state index >= 15 is 0 Å². The van der Waals surface area contributed by atoms with E-state index in [0.717, 1.165) is 31.4 Å². The highest BCUT2D eigenvalue weighted by molar-refractivity contribution is 8.24. The Labute approximate surface area is 219 Å². The normalized spacial score (nSPS) is 20.4. The summed E-state index contributed by atoms with van der Waals surface area (Å²) in [6.45, 7) is 8.05. The number of carboxylic acid groups (broad SMARTS) is 1. The van der Waals surface area contributed by atoms with Crippen molar-refractivity contribution in [2.45, 2.75) is 68.8 Å². The zero-order valence-corrected chi connectivity index (χ0v) is 23.3. The molecule has 0 saturated carbocycles. The van der Waals surface area contributed by atoms with Crippen LogP contribution in [0.5, 0.6) is 5.75 Å². The van der Waals surface area contributed by atoms with Crippen LogP contribution < -0.4 is 9.64 Å². The molecule has 2 aromatic carbocycles. The third-order valence-corrected chi connectivity index (χ3v) is 10.5. The number of ether oxygens (including phenoxy) is 1. The first-order valence-corrected chi connectivity index (χ1v) is 15.0. The van der Waals surface area contributed by atoms with Gasteiger partial charge in [-0.25, -0.2) is 4.39 Å². The van der Waals surface area contributed by atoms with Gasteiger partial charge in [0.2, 0.25) is 0 Å². The molecule has 1 aliphatic rings. The average molecular weight is 540 g/mol. The van der Waals surface area contributed by atoms with E-state index in [0.29, 0.717) is 34.2 Å². The maximum Gasteiger partial charge on any atom is 0.319 e. The Morgan fingerprint density at radius 3 is 2.44 bits per heavy atom. The highest BCUT2D eigenvalue weighted by atomic mass is 32.3. The summed E-state index contributed by atoms with van der Waals surface area (Å²) in [6.07, 6.45) is 3.57. The predicted molar refractivity (Wildman–Crippen MR) is 148 cm³/mol. The molecule has 0 radical (unpaired) electrons. The van der Waals surface area contributed by atoms with Gasteiger partial charge in [0.1, 0.15) is 16.3 Å². The number of unbranched alkanes of at least 4 members (excludes halogenated alkanes) is 1. The highest BCUT2D eigenvalue weighted by Crippen LogP contribution is 2.61. The van der Waals surface area contributed by atoms with E-state index < -0.39 is 21.3 Å². The molecule has 2 aromatic rings. The van der Waals surface area contributed by atoms with Crippen LogP contribution in [0.4, 0.5) is 15.8 Å². The number of carbonyl (C=O) groups is 1. The number of hydrogen-bond donors (Lipinski definition) is 3. The van der Waals surface area contributed by atoms with E-state index in [9.17, 15) is 23.4 Å². The van der Waals surface area contributed by atoms with Gasteiger partial charge < -0.3 is 14.7 Å². The van der Waals surface area contributed by atoms with Crippen LogP contribution >= 0.6 is 22.4 Å². The van der Waals surface area contributed by atoms with Gasteiger partial charge in [0, 0.05) is 40.8 Å². The highest BCUT2D eigenvalue weighted by Gasteiger charge is 2.42. The van der Waals surface area contributed by atoms with Crippen molar-refractivity contribution in [3.63, 3.8) is 0 Å². The van der Waals surface area contributed by atoms with Crippen molar-refractivity contribution in [2.24, 2.45) is 5.41 Å². The minimum Gasteiger partial charge on any atom is -0.496 e. The summed E-state index contributed by atoms with van der Waals surface area (Å²) >= 11 is 1.25. The summed E-state index contributed by atoms with van der Waals surface area (Å²) in [5.74, 6) is -0.145. The van der Waals surface area contributed by atoms with E-state index in [4.69, 9.17) is 4.74 Å². The zero-order chi connectivity index (χ0) is 26.7. The number of thioether (sulfide) groups is 1. The van der Waals surface area contributed by atoms with Crippen LogP contribution in [0.1, 0.15) is 58.9 Å². The largest absolute Gasteiger partial charge is 0.496 e. The van der Waals surface area contributed by atoms with Gasteiger partial charge in [-0.2, -0.15) is 10.6 Å². The molecule has 6 nitrogen and oxygen atoms in total. The van der Waals surface area contributed by atoms with Crippen molar-refractivity contribution >= 4 is 39.7 Å². The molecule has 1 atom stereocenters. The minimum atomic E-state index is -3.19. The van der Waals surface area contributed by atoms with Crippen LogP contribution in [0.15, 0.2) is 41.3 Å². The third kappa shape index (κ3) is 6.13. The van der Waals surface area contributed by atoms with Crippen molar-refractivity contribution < 1.29 is 28.1 Å². The Kier molecular flexibility index (Phi) is 8.91. The summed E-state index contributed by atoms with van der Waals surface area (Å²) in [6, 6.07) is 9.81. The number of benzene rings is 2. The van der Waals surface area contributed by atoms with Crippen LogP contribution in [0.2, 0.25) is 0 Å². The van der Waals surface area contributed by atoms with E-state index in [2.05, 4.69) is 18.7 Å². The third-order valence-electron chi connectivity index (χ3n) is 7.06. The molecule has 0 aliphatic carbocycles. The Hall–Kier alpha value is -1.94. The second-order valence-corrected chi connectivity index (χ2v) is 13.7. The Morgan fingerprint density at radius 1 is 1.22 bits per heavy atom. The number of methoxy groups -OCH3 is 1. The number of rotatable bonds is 10. The number of carboxylic acids is 1. The predicted octanol–water partition coefficient (Wildman–Crippen LogP) is 7.78. The Morgan fingerprint density at radius 2 is 1.89 bits per heavy atom. The fraction of sp³-hybridized carbons (Fsp3) is 0.519. The van der Waals surface area contributed by atoms with Gasteiger partial charge in [0.05, 0.1) is 17.7 Å². The topological polar surface area (TPSA) is 90.2 Å². The van der Waals surface area contributed by atoms with Crippen LogP contribution in [0.25, 0.3) is 0 Å². The molecule has 0 bridgehead atoms. The average Bonchev–Trinajstić information content (AvgIpc) is 2.93. The second kappa shape index (κ2) is 11.2. The van der Waals surface area contributed by atoms with Gasteiger partial charge in [0.25, 0.3) is 0 Å². The van der Waals surface area contributed by atoms with E-state index in [1.54, 1.807) is 39.2 Å². The molecule has 0 aromatic heterocycles. The lowest BCUT2D eigenvalue weighted by Gasteiger charge is -2.41. The minimum absolute atomic E-state index is 0.237. The molecule has 1 aliphatic heterocycles. The molecular formula is C27H38FNO5S2. The molecule has 3 rings (SSSR count).